The summed E-state index contributed by atoms with van der Waals surface area (Å²) in [5.41, 5.74) is 2.68. The second-order valence-corrected chi connectivity index (χ2v) is 6.32. The van der Waals surface area contributed by atoms with Crippen LogP contribution in [0.1, 0.15) is 4.88 Å². The summed E-state index contributed by atoms with van der Waals surface area (Å²) in [5, 5.41) is 0.799. The van der Waals surface area contributed by atoms with E-state index in [1.807, 2.05) is 31.2 Å². The van der Waals surface area contributed by atoms with E-state index in [2.05, 4.69) is 25.9 Å². The van der Waals surface area contributed by atoms with Crippen LogP contribution in [0.5, 0.6) is 0 Å². The van der Waals surface area contributed by atoms with Crippen molar-refractivity contribution in [2.75, 3.05) is 0 Å². The first-order valence-corrected chi connectivity index (χ1v) is 7.60. The van der Waals surface area contributed by atoms with Gasteiger partial charge in [0.05, 0.1) is 17.6 Å². The fourth-order valence-corrected chi connectivity index (χ4v) is 3.29. The summed E-state index contributed by atoms with van der Waals surface area (Å²) in [4.78, 5) is 9.83. The first-order chi connectivity index (χ1) is 9.65. The van der Waals surface area contributed by atoms with Crippen molar-refractivity contribution < 1.29 is 4.39 Å². The fourth-order valence-electron chi connectivity index (χ4n) is 1.91. The number of halogens is 2. The highest BCUT2D eigenvalue weighted by Gasteiger charge is 2.14. The van der Waals surface area contributed by atoms with Gasteiger partial charge in [0.15, 0.2) is 0 Å². The van der Waals surface area contributed by atoms with Gasteiger partial charge < -0.3 is 0 Å². The van der Waals surface area contributed by atoms with Crippen molar-refractivity contribution in [2.24, 2.45) is 0 Å². The summed E-state index contributed by atoms with van der Waals surface area (Å²) in [6.45, 7) is 2.03. The highest BCUT2D eigenvalue weighted by molar-refractivity contribution is 9.10. The molecule has 0 spiro atoms. The normalized spacial score (nSPS) is 10.8. The molecule has 0 aliphatic carbocycles. The van der Waals surface area contributed by atoms with E-state index < -0.39 is 0 Å². The molecule has 0 saturated heterocycles. The number of pyridine rings is 1. The van der Waals surface area contributed by atoms with Crippen LogP contribution in [0.3, 0.4) is 0 Å². The molecule has 0 unspecified atom stereocenters. The van der Waals surface area contributed by atoms with Gasteiger partial charge in [-0.1, -0.05) is 34.1 Å². The van der Waals surface area contributed by atoms with Gasteiger partial charge in [-0.05, 0) is 25.1 Å². The Balaban J connectivity index is 2.08. The highest BCUT2D eigenvalue weighted by atomic mass is 79.9. The third kappa shape index (κ3) is 2.51. The van der Waals surface area contributed by atoms with E-state index >= 15 is 0 Å². The van der Waals surface area contributed by atoms with Crippen molar-refractivity contribution in [1.82, 2.24) is 9.97 Å². The molecular formula is C15H10BrFN2S. The lowest BCUT2D eigenvalue weighted by molar-refractivity contribution is 0.622. The SMILES string of the molecule is Cc1sc(-c2ccc(F)cn2)nc1-c1ccccc1Br. The van der Waals surface area contributed by atoms with E-state index in [1.54, 1.807) is 17.4 Å². The summed E-state index contributed by atoms with van der Waals surface area (Å²) in [7, 11) is 0. The zero-order chi connectivity index (χ0) is 14.1. The van der Waals surface area contributed by atoms with Gasteiger partial charge in [-0.2, -0.15) is 0 Å². The Morgan fingerprint density at radius 2 is 1.95 bits per heavy atom. The number of thiazole rings is 1. The lowest BCUT2D eigenvalue weighted by Crippen LogP contribution is -1.85. The third-order valence-electron chi connectivity index (χ3n) is 2.87. The van der Waals surface area contributed by atoms with Gasteiger partial charge in [0.2, 0.25) is 0 Å². The predicted octanol–water partition coefficient (Wildman–Crippen LogP) is 5.08. The molecule has 0 fully saturated rings. The number of benzene rings is 1. The molecule has 0 amide bonds. The van der Waals surface area contributed by atoms with E-state index in [0.29, 0.717) is 5.69 Å². The smallest absolute Gasteiger partial charge is 0.142 e. The van der Waals surface area contributed by atoms with Crippen LogP contribution in [0.25, 0.3) is 22.0 Å². The molecule has 0 saturated carbocycles. The average molecular weight is 349 g/mol. The molecule has 0 aliphatic rings. The monoisotopic (exact) mass is 348 g/mol. The molecule has 3 aromatic rings. The zero-order valence-corrected chi connectivity index (χ0v) is 13.0. The minimum Gasteiger partial charge on any atom is -0.251 e. The van der Waals surface area contributed by atoms with Gasteiger partial charge in [0, 0.05) is 14.9 Å². The molecule has 0 atom stereocenters. The van der Waals surface area contributed by atoms with Crippen molar-refractivity contribution in [3.05, 3.63) is 57.8 Å². The molecule has 0 aliphatic heterocycles. The van der Waals surface area contributed by atoms with E-state index in [-0.39, 0.29) is 5.82 Å². The van der Waals surface area contributed by atoms with E-state index in [1.165, 1.54) is 12.3 Å². The molecule has 20 heavy (non-hydrogen) atoms. The topological polar surface area (TPSA) is 25.8 Å². The maximum Gasteiger partial charge on any atom is 0.142 e. The second kappa shape index (κ2) is 5.42. The van der Waals surface area contributed by atoms with Crippen LogP contribution in [0.2, 0.25) is 0 Å². The van der Waals surface area contributed by atoms with E-state index in [9.17, 15) is 4.39 Å². The van der Waals surface area contributed by atoms with E-state index in [0.717, 1.165) is 25.6 Å². The zero-order valence-electron chi connectivity index (χ0n) is 10.6. The Bertz CT molecular complexity index is 753. The van der Waals surface area contributed by atoms with Crippen molar-refractivity contribution in [2.45, 2.75) is 6.92 Å². The van der Waals surface area contributed by atoms with Gasteiger partial charge in [0.1, 0.15) is 10.8 Å². The number of nitrogens with zero attached hydrogens (tertiary/aromatic N) is 2. The number of aryl methyl sites for hydroxylation is 1. The molecule has 1 aromatic carbocycles. The van der Waals surface area contributed by atoms with Crippen LogP contribution in [0.15, 0.2) is 47.1 Å². The molecule has 100 valence electrons. The Labute approximate surface area is 128 Å². The lowest BCUT2D eigenvalue weighted by Gasteiger charge is -2.01. The van der Waals surface area contributed by atoms with Crippen LogP contribution in [-0.2, 0) is 0 Å². The van der Waals surface area contributed by atoms with Gasteiger partial charge in [-0.15, -0.1) is 11.3 Å². The Morgan fingerprint density at radius 1 is 1.15 bits per heavy atom. The minimum atomic E-state index is -0.340. The van der Waals surface area contributed by atoms with Crippen molar-refractivity contribution >= 4 is 27.3 Å². The van der Waals surface area contributed by atoms with Crippen LogP contribution >= 0.6 is 27.3 Å². The maximum atomic E-state index is 12.9. The minimum absolute atomic E-state index is 0.340. The molecule has 0 bridgehead atoms. The second-order valence-electron chi connectivity index (χ2n) is 4.27. The third-order valence-corrected chi connectivity index (χ3v) is 4.56. The fraction of sp³-hybridized carbons (Fsp3) is 0.0667. The summed E-state index contributed by atoms with van der Waals surface area (Å²) in [6.07, 6.45) is 1.21. The molecule has 0 radical (unpaired) electrons. The molecule has 2 nitrogen and oxygen atoms in total. The molecule has 5 heteroatoms. The number of hydrogen-bond donors (Lipinski definition) is 0. The van der Waals surface area contributed by atoms with Crippen LogP contribution in [0, 0.1) is 12.7 Å². The summed E-state index contributed by atoms with van der Waals surface area (Å²) < 4.78 is 13.9. The first-order valence-electron chi connectivity index (χ1n) is 5.99. The Hall–Kier alpha value is -1.59. The summed E-state index contributed by atoms with van der Waals surface area (Å²) in [5.74, 6) is -0.340. The van der Waals surface area contributed by atoms with Gasteiger partial charge >= 0.3 is 0 Å². The Morgan fingerprint density at radius 3 is 2.65 bits per heavy atom. The predicted molar refractivity (Wildman–Crippen MR) is 83.2 cm³/mol. The highest BCUT2D eigenvalue weighted by Crippen LogP contribution is 2.35. The molecule has 3 rings (SSSR count). The molecule has 0 N–H and O–H groups in total. The van der Waals surface area contributed by atoms with Crippen molar-refractivity contribution in [1.29, 1.82) is 0 Å². The quantitative estimate of drug-likeness (QED) is 0.645. The maximum absolute atomic E-state index is 12.9. The van der Waals surface area contributed by atoms with E-state index in [4.69, 9.17) is 0 Å². The van der Waals surface area contributed by atoms with Gasteiger partial charge in [-0.3, -0.25) is 4.98 Å². The molecule has 2 aromatic heterocycles. The largest absolute Gasteiger partial charge is 0.251 e. The Kier molecular flexibility index (Phi) is 3.63. The molecular weight excluding hydrogens is 339 g/mol. The average Bonchev–Trinajstić information content (AvgIpc) is 2.82. The van der Waals surface area contributed by atoms with Gasteiger partial charge in [-0.25, -0.2) is 9.37 Å². The summed E-state index contributed by atoms with van der Waals surface area (Å²) in [6, 6.07) is 11.0. The standard InChI is InChI=1S/C15H10BrFN2S/c1-9-14(11-4-2-3-5-12(11)16)19-15(20-9)13-7-6-10(17)8-18-13/h2-8H,1H3. The number of rotatable bonds is 2. The van der Waals surface area contributed by atoms with Crippen molar-refractivity contribution in [3.8, 4) is 22.0 Å². The summed E-state index contributed by atoms with van der Waals surface area (Å²) >= 11 is 5.10. The van der Waals surface area contributed by atoms with Crippen molar-refractivity contribution in [3.63, 3.8) is 0 Å². The number of aromatic nitrogens is 2. The van der Waals surface area contributed by atoms with Crippen LogP contribution < -0.4 is 0 Å². The first kappa shape index (κ1) is 13.4. The van der Waals surface area contributed by atoms with Gasteiger partial charge in [0.25, 0.3) is 0 Å². The van der Waals surface area contributed by atoms with Crippen LogP contribution in [0.4, 0.5) is 4.39 Å². The lowest BCUT2D eigenvalue weighted by atomic mass is 10.1. The number of hydrogen-bond acceptors (Lipinski definition) is 3. The molecule has 2 heterocycles. The van der Waals surface area contributed by atoms with Crippen LogP contribution in [-0.4, -0.2) is 9.97 Å².